The van der Waals surface area contributed by atoms with Crippen molar-refractivity contribution in [3.8, 4) is 23.0 Å². The van der Waals surface area contributed by atoms with Gasteiger partial charge in [-0.2, -0.15) is 4.98 Å². The first-order valence-electron chi connectivity index (χ1n) is 13.4. The molecule has 0 aliphatic carbocycles. The molecule has 10 nitrogen and oxygen atoms in total. The molecule has 5 rings (SSSR count). The van der Waals surface area contributed by atoms with Gasteiger partial charge in [-0.05, 0) is 18.2 Å². The molecule has 0 bridgehead atoms. The first-order chi connectivity index (χ1) is 18.6. The van der Waals surface area contributed by atoms with E-state index < -0.39 is 44.6 Å². The van der Waals surface area contributed by atoms with Crippen LogP contribution in [0.5, 0.6) is 23.0 Å². The van der Waals surface area contributed by atoms with Crippen molar-refractivity contribution in [1.82, 2.24) is 14.9 Å². The Hall–Kier alpha value is -3.95. The molecule has 3 heterocycles. The summed E-state index contributed by atoms with van der Waals surface area (Å²) in [4.78, 5) is 23.4. The number of amides is 1. The van der Waals surface area contributed by atoms with Crippen LogP contribution in [0.3, 0.4) is 0 Å². The van der Waals surface area contributed by atoms with Crippen molar-refractivity contribution in [2.45, 2.75) is 6.08 Å². The average Bonchev–Trinajstić information content (AvgIpc) is 2.86. The number of nitrogens with two attached hydrogens (primary N) is 1. The monoisotopic (exact) mass is 458 g/mol. The van der Waals surface area contributed by atoms with E-state index in [1.54, 1.807) is 18.2 Å². The van der Waals surface area contributed by atoms with Crippen LogP contribution in [0.1, 0.15) is 9.60 Å². The number of carbonyl (C=O) groups excluding carboxylic acids is 1. The number of aromatic nitrogens is 2. The summed E-state index contributed by atoms with van der Waals surface area (Å²) in [5, 5.41) is 0.365. The summed E-state index contributed by atoms with van der Waals surface area (Å²) in [6.45, 7) is -9.80. The number of ether oxygens (including phenoxy) is 4. The van der Waals surface area contributed by atoms with Crippen LogP contribution in [-0.4, -0.2) is 73.7 Å². The minimum atomic E-state index is -2.99. The van der Waals surface area contributed by atoms with Gasteiger partial charge < -0.3 is 34.5 Å². The molecule has 1 unspecified atom stereocenters. The number of nitrogen functional groups attached to an aromatic ring is 1. The van der Waals surface area contributed by atoms with Crippen LogP contribution < -0.4 is 29.6 Å². The minimum absolute atomic E-state index is 0.0149. The van der Waals surface area contributed by atoms with Crippen molar-refractivity contribution < 1.29 is 33.3 Å². The molecule has 0 radical (unpaired) electrons. The fraction of sp³-hybridized carbons (Fsp3) is 0.348. The highest BCUT2D eigenvalue weighted by Gasteiger charge is 2.33. The van der Waals surface area contributed by atoms with E-state index in [-0.39, 0.29) is 28.8 Å². The van der Waals surface area contributed by atoms with Crippen molar-refractivity contribution in [1.29, 1.82) is 0 Å². The van der Waals surface area contributed by atoms with Crippen molar-refractivity contribution in [3.05, 3.63) is 36.4 Å². The quantitative estimate of drug-likeness (QED) is 0.624. The summed E-state index contributed by atoms with van der Waals surface area (Å²) in [6, 6.07) is 8.94. The third kappa shape index (κ3) is 3.88. The highest BCUT2D eigenvalue weighted by molar-refractivity contribution is 5.91. The van der Waals surface area contributed by atoms with Gasteiger partial charge in [-0.15, -0.1) is 0 Å². The number of benzene rings is 2. The van der Waals surface area contributed by atoms with Gasteiger partial charge in [-0.3, -0.25) is 4.79 Å². The zero-order valence-corrected chi connectivity index (χ0v) is 17.8. The fourth-order valence-corrected chi connectivity index (χ4v) is 3.36. The second-order valence-electron chi connectivity index (χ2n) is 7.03. The van der Waals surface area contributed by atoms with E-state index in [4.69, 9.17) is 34.3 Å². The van der Waals surface area contributed by atoms with Gasteiger partial charge in [0.1, 0.15) is 12.4 Å². The molecule has 3 aromatic rings. The Kier molecular flexibility index (Phi) is 3.68. The van der Waals surface area contributed by atoms with Crippen LogP contribution in [0, 0.1) is 0 Å². The minimum Gasteiger partial charge on any atom is -0.493 e. The van der Waals surface area contributed by atoms with E-state index in [1.807, 2.05) is 0 Å². The van der Waals surface area contributed by atoms with Crippen molar-refractivity contribution in [2.24, 2.45) is 0 Å². The van der Waals surface area contributed by atoms with Gasteiger partial charge in [-0.1, -0.05) is 12.1 Å². The molecule has 2 aliphatic heterocycles. The van der Waals surface area contributed by atoms with Crippen molar-refractivity contribution >= 4 is 28.6 Å². The smallest absolute Gasteiger partial charge is 0.267 e. The Labute approximate surface area is 200 Å². The number of fused-ring (bicyclic) bond motifs is 2. The van der Waals surface area contributed by atoms with Crippen LogP contribution in [-0.2, 0) is 4.79 Å². The normalized spacial score (nSPS) is 27.6. The molecule has 33 heavy (non-hydrogen) atoms. The van der Waals surface area contributed by atoms with E-state index in [9.17, 15) is 4.79 Å². The van der Waals surface area contributed by atoms with Gasteiger partial charge in [0.15, 0.2) is 23.0 Å². The SMILES string of the molecule is [2H]C1([2H])CN(C(=O)C2([2H])Oc3ccccc3OC2([2H])[2H])CC([2H])([2H])N1c1nc(N)c2cc(OC)c(OC)cc2n1. The summed E-state index contributed by atoms with van der Waals surface area (Å²) in [6.07, 6.45) is -2.99. The average molecular weight is 459 g/mol. The largest absolute Gasteiger partial charge is 0.493 e. The second-order valence-corrected chi connectivity index (χ2v) is 7.03. The van der Waals surface area contributed by atoms with Crippen LogP contribution in [0.2, 0.25) is 0 Å². The van der Waals surface area contributed by atoms with Gasteiger partial charge in [-0.25, -0.2) is 4.98 Å². The van der Waals surface area contributed by atoms with Crippen LogP contribution in [0.15, 0.2) is 36.4 Å². The number of nitrogens with zero attached hydrogens (tertiary/aromatic N) is 4. The number of piperazine rings is 1. The lowest BCUT2D eigenvalue weighted by molar-refractivity contribution is -0.141. The van der Waals surface area contributed by atoms with Gasteiger partial charge in [0.05, 0.1) is 29.3 Å². The molecule has 0 spiro atoms. The van der Waals surface area contributed by atoms with E-state index in [0.29, 0.717) is 26.7 Å². The third-order valence-electron chi connectivity index (χ3n) is 5.05. The molecule has 1 aromatic heterocycles. The Morgan fingerprint density at radius 3 is 2.58 bits per heavy atom. The molecular weight excluding hydrogens is 426 g/mol. The molecule has 1 amide bonds. The van der Waals surface area contributed by atoms with E-state index >= 15 is 0 Å². The number of rotatable bonds is 4. The maximum Gasteiger partial charge on any atom is 0.267 e. The summed E-state index contributed by atoms with van der Waals surface area (Å²) < 4.78 is 81.1. The zero-order chi connectivity index (χ0) is 29.3. The van der Waals surface area contributed by atoms with E-state index in [1.165, 1.54) is 32.4 Å². The number of methoxy groups -OCH3 is 2. The highest BCUT2D eigenvalue weighted by Crippen LogP contribution is 2.34. The van der Waals surface area contributed by atoms with Gasteiger partial charge >= 0.3 is 0 Å². The topological polar surface area (TPSA) is 112 Å². The van der Waals surface area contributed by atoms with Crippen LogP contribution in [0.25, 0.3) is 10.9 Å². The first-order valence-corrected chi connectivity index (χ1v) is 9.89. The maximum atomic E-state index is 13.5. The highest BCUT2D eigenvalue weighted by atomic mass is 16.6. The standard InChI is InChI=1S/C23H25N5O5/c1-30-18-11-14-15(12-19(18)31-2)25-23(26-21(14)24)28-9-7-27(8-10-28)22(29)20-13-32-16-5-3-4-6-17(16)33-20/h3-6,11-12,20H,7-10,13H2,1-2H3,(H2,24,25,26)/i9D2,10D2,13D2,20D. The molecule has 2 N–H and O–H groups in total. The Balaban J connectivity index is 1.51. The molecule has 2 aromatic carbocycles. The van der Waals surface area contributed by atoms with Crippen LogP contribution >= 0.6 is 0 Å². The summed E-state index contributed by atoms with van der Waals surface area (Å²) in [5.74, 6) is -1.19. The molecule has 1 fully saturated rings. The van der Waals surface area contributed by atoms with Crippen LogP contribution in [0.4, 0.5) is 11.8 Å². The molecule has 1 atom stereocenters. The van der Waals surface area contributed by atoms with Crippen molar-refractivity contribution in [3.63, 3.8) is 0 Å². The fourth-order valence-electron chi connectivity index (χ4n) is 3.36. The number of hydrogen-bond donors (Lipinski definition) is 1. The molecule has 10 heteroatoms. The molecule has 1 saturated heterocycles. The number of carbonyl (C=O) groups is 1. The number of para-hydroxylation sites is 2. The zero-order valence-electron chi connectivity index (χ0n) is 24.8. The maximum absolute atomic E-state index is 13.5. The molecule has 2 aliphatic rings. The second kappa shape index (κ2) is 8.53. The number of hydrogen-bond acceptors (Lipinski definition) is 9. The summed E-state index contributed by atoms with van der Waals surface area (Å²) in [5.41, 5.74) is 6.37. The van der Waals surface area contributed by atoms with Gasteiger partial charge in [0, 0.05) is 37.5 Å². The summed E-state index contributed by atoms with van der Waals surface area (Å²) >= 11 is 0. The molecular formula is C23H25N5O5. The Morgan fingerprint density at radius 1 is 1.15 bits per heavy atom. The molecule has 0 saturated carbocycles. The van der Waals surface area contributed by atoms with E-state index in [0.717, 1.165) is 0 Å². The van der Waals surface area contributed by atoms with Gasteiger partial charge in [0.25, 0.3) is 5.91 Å². The Morgan fingerprint density at radius 2 is 1.85 bits per heavy atom. The lowest BCUT2D eigenvalue weighted by atomic mass is 10.2. The lowest BCUT2D eigenvalue weighted by Crippen LogP contribution is -2.54. The predicted molar refractivity (Wildman–Crippen MR) is 122 cm³/mol. The number of anilines is 2. The Bertz CT molecular complexity index is 1490. The van der Waals surface area contributed by atoms with Crippen molar-refractivity contribution in [2.75, 3.05) is 57.5 Å². The third-order valence-corrected chi connectivity index (χ3v) is 5.05. The first kappa shape index (κ1) is 14.2. The van der Waals surface area contributed by atoms with Gasteiger partial charge in [0.2, 0.25) is 12.0 Å². The summed E-state index contributed by atoms with van der Waals surface area (Å²) in [7, 11) is 2.86. The van der Waals surface area contributed by atoms with E-state index in [2.05, 4.69) is 9.97 Å². The predicted octanol–water partition coefficient (Wildman–Crippen LogP) is 1.72. The lowest BCUT2D eigenvalue weighted by Gasteiger charge is -2.37. The molecule has 172 valence electrons.